The zero-order valence-corrected chi connectivity index (χ0v) is 12.9. The molecule has 0 aromatic heterocycles. The molecule has 0 radical (unpaired) electrons. The molecule has 1 aliphatic heterocycles. The fourth-order valence-electron chi connectivity index (χ4n) is 1.87. The molecule has 0 amide bonds. The SMILES string of the molecule is CCOC(=O)/C=C(\C)C=C=C=C(C)c1ccc2c(c1)OCO2. The molecule has 0 atom stereocenters. The summed E-state index contributed by atoms with van der Waals surface area (Å²) in [7, 11) is 0. The number of carbonyl (C=O) groups excluding carboxylic acids is 1. The minimum Gasteiger partial charge on any atom is -0.463 e. The second-order valence-electron chi connectivity index (χ2n) is 4.75. The lowest BCUT2D eigenvalue weighted by Gasteiger charge is -2.00. The van der Waals surface area contributed by atoms with Gasteiger partial charge < -0.3 is 14.2 Å². The molecule has 0 spiro atoms. The number of benzene rings is 1. The number of hydrogen-bond donors (Lipinski definition) is 0. The standard InChI is InChI=1S/C18H18O4/c1-4-20-18(19)10-13(2)6-5-7-14(3)15-8-9-16-17(11-15)22-12-21-16/h6,8-11H,4,12H2,1-3H3/b13-10+,14-6?. The monoisotopic (exact) mass is 298 g/mol. The van der Waals surface area contributed by atoms with Crippen LogP contribution in [0.25, 0.3) is 5.57 Å². The Kier molecular flexibility index (Phi) is 5.26. The van der Waals surface area contributed by atoms with Crippen LogP contribution in [0.5, 0.6) is 11.5 Å². The first-order valence-corrected chi connectivity index (χ1v) is 7.03. The van der Waals surface area contributed by atoms with Gasteiger partial charge in [0.2, 0.25) is 6.79 Å². The van der Waals surface area contributed by atoms with Crippen LogP contribution in [-0.2, 0) is 9.53 Å². The summed E-state index contributed by atoms with van der Waals surface area (Å²) in [5.74, 6) is 1.14. The van der Waals surface area contributed by atoms with E-state index in [1.807, 2.05) is 32.0 Å². The molecule has 4 nitrogen and oxygen atoms in total. The Balaban J connectivity index is 2.17. The van der Waals surface area contributed by atoms with Crippen molar-refractivity contribution in [3.8, 4) is 11.5 Å². The summed E-state index contributed by atoms with van der Waals surface area (Å²) < 4.78 is 15.5. The van der Waals surface area contributed by atoms with Crippen molar-refractivity contribution >= 4 is 11.5 Å². The van der Waals surface area contributed by atoms with E-state index in [1.54, 1.807) is 13.0 Å². The molecule has 1 aromatic rings. The number of fused-ring (bicyclic) bond motifs is 1. The number of allylic oxidation sites excluding steroid dienone is 3. The van der Waals surface area contributed by atoms with Crippen molar-refractivity contribution in [1.82, 2.24) is 0 Å². The normalized spacial score (nSPS) is 12.2. The van der Waals surface area contributed by atoms with Gasteiger partial charge in [0.05, 0.1) is 6.61 Å². The van der Waals surface area contributed by atoms with Gasteiger partial charge in [-0.15, -0.1) is 0 Å². The van der Waals surface area contributed by atoms with Crippen molar-refractivity contribution in [2.75, 3.05) is 13.4 Å². The molecular weight excluding hydrogens is 280 g/mol. The Morgan fingerprint density at radius 1 is 1.32 bits per heavy atom. The van der Waals surface area contributed by atoms with Gasteiger partial charge in [0.15, 0.2) is 11.5 Å². The highest BCUT2D eigenvalue weighted by molar-refractivity contribution is 5.83. The fourth-order valence-corrected chi connectivity index (χ4v) is 1.87. The van der Waals surface area contributed by atoms with Gasteiger partial charge in [0.1, 0.15) is 0 Å². The van der Waals surface area contributed by atoms with Crippen LogP contribution >= 0.6 is 0 Å². The van der Waals surface area contributed by atoms with Crippen LogP contribution in [-0.4, -0.2) is 19.4 Å². The van der Waals surface area contributed by atoms with E-state index in [9.17, 15) is 4.79 Å². The van der Waals surface area contributed by atoms with E-state index < -0.39 is 0 Å². The van der Waals surface area contributed by atoms with Crippen molar-refractivity contribution in [3.63, 3.8) is 0 Å². The van der Waals surface area contributed by atoms with Gasteiger partial charge in [-0.05, 0) is 50.1 Å². The van der Waals surface area contributed by atoms with Gasteiger partial charge in [0, 0.05) is 11.6 Å². The van der Waals surface area contributed by atoms with E-state index in [1.165, 1.54) is 6.08 Å². The minimum absolute atomic E-state index is 0.259. The Hall–Kier alpha value is -2.67. The zero-order valence-electron chi connectivity index (χ0n) is 12.9. The zero-order chi connectivity index (χ0) is 15.9. The molecule has 0 fully saturated rings. The molecule has 2 rings (SSSR count). The Morgan fingerprint density at radius 2 is 2.09 bits per heavy atom. The molecule has 0 N–H and O–H groups in total. The van der Waals surface area contributed by atoms with Crippen LogP contribution < -0.4 is 9.47 Å². The molecule has 0 bridgehead atoms. The molecule has 0 saturated heterocycles. The van der Waals surface area contributed by atoms with E-state index >= 15 is 0 Å². The van der Waals surface area contributed by atoms with E-state index in [2.05, 4.69) is 11.5 Å². The summed E-state index contributed by atoms with van der Waals surface area (Å²) in [5, 5.41) is 0. The molecule has 0 aliphatic carbocycles. The summed E-state index contributed by atoms with van der Waals surface area (Å²) >= 11 is 0. The third-order valence-corrected chi connectivity index (χ3v) is 3.00. The van der Waals surface area contributed by atoms with E-state index in [4.69, 9.17) is 14.2 Å². The summed E-state index contributed by atoms with van der Waals surface area (Å²) in [4.78, 5) is 11.3. The quantitative estimate of drug-likeness (QED) is 0.368. The van der Waals surface area contributed by atoms with Gasteiger partial charge in [-0.2, -0.15) is 0 Å². The van der Waals surface area contributed by atoms with E-state index in [0.717, 1.165) is 28.2 Å². The fraction of sp³-hybridized carbons (Fsp3) is 0.278. The first kappa shape index (κ1) is 15.7. The Morgan fingerprint density at radius 3 is 2.86 bits per heavy atom. The average Bonchev–Trinajstić information content (AvgIpc) is 2.94. The maximum atomic E-state index is 11.3. The van der Waals surface area contributed by atoms with Crippen LogP contribution in [0.1, 0.15) is 26.3 Å². The topological polar surface area (TPSA) is 44.8 Å². The predicted molar refractivity (Wildman–Crippen MR) is 83.6 cm³/mol. The average molecular weight is 298 g/mol. The van der Waals surface area contributed by atoms with Gasteiger partial charge in [-0.25, -0.2) is 4.79 Å². The number of ether oxygens (including phenoxy) is 3. The van der Waals surface area contributed by atoms with Gasteiger partial charge in [-0.3, -0.25) is 0 Å². The van der Waals surface area contributed by atoms with Crippen molar-refractivity contribution < 1.29 is 19.0 Å². The highest BCUT2D eigenvalue weighted by Gasteiger charge is 2.13. The van der Waals surface area contributed by atoms with E-state index in [0.29, 0.717) is 6.61 Å². The number of esters is 1. The largest absolute Gasteiger partial charge is 0.463 e. The van der Waals surface area contributed by atoms with E-state index in [-0.39, 0.29) is 12.8 Å². The van der Waals surface area contributed by atoms with Gasteiger partial charge >= 0.3 is 5.97 Å². The third-order valence-electron chi connectivity index (χ3n) is 3.00. The summed E-state index contributed by atoms with van der Waals surface area (Å²) in [6, 6.07) is 5.73. The molecular formula is C18H18O4. The lowest BCUT2D eigenvalue weighted by molar-refractivity contribution is -0.137. The van der Waals surface area contributed by atoms with Gasteiger partial charge in [0.25, 0.3) is 0 Å². The number of hydrogen-bond acceptors (Lipinski definition) is 4. The van der Waals surface area contributed by atoms with Crippen molar-refractivity contribution in [1.29, 1.82) is 0 Å². The van der Waals surface area contributed by atoms with Crippen molar-refractivity contribution in [3.05, 3.63) is 53.0 Å². The summed E-state index contributed by atoms with van der Waals surface area (Å²) in [5.41, 5.74) is 8.64. The Labute approximate surface area is 130 Å². The predicted octanol–water partition coefficient (Wildman–Crippen LogP) is 3.64. The van der Waals surface area contributed by atoms with Crippen LogP contribution in [0.3, 0.4) is 0 Å². The van der Waals surface area contributed by atoms with Crippen LogP contribution in [0.4, 0.5) is 0 Å². The second-order valence-corrected chi connectivity index (χ2v) is 4.75. The second kappa shape index (κ2) is 7.37. The van der Waals surface area contributed by atoms with Crippen LogP contribution in [0.15, 0.2) is 47.4 Å². The van der Waals surface area contributed by atoms with Crippen molar-refractivity contribution in [2.24, 2.45) is 0 Å². The maximum Gasteiger partial charge on any atom is 0.331 e. The molecule has 4 heteroatoms. The maximum absolute atomic E-state index is 11.3. The first-order valence-electron chi connectivity index (χ1n) is 7.03. The summed E-state index contributed by atoms with van der Waals surface area (Å²) in [6.45, 7) is 6.14. The highest BCUT2D eigenvalue weighted by atomic mass is 16.7. The highest BCUT2D eigenvalue weighted by Crippen LogP contribution is 2.34. The molecule has 0 unspecified atom stereocenters. The van der Waals surface area contributed by atoms with Crippen LogP contribution in [0.2, 0.25) is 0 Å². The smallest absolute Gasteiger partial charge is 0.331 e. The minimum atomic E-state index is -0.352. The molecule has 22 heavy (non-hydrogen) atoms. The first-order chi connectivity index (χ1) is 10.6. The van der Waals surface area contributed by atoms with Crippen LogP contribution in [0, 0.1) is 0 Å². The lowest BCUT2D eigenvalue weighted by atomic mass is 10.1. The third kappa shape index (κ3) is 4.16. The molecule has 0 saturated carbocycles. The molecule has 1 heterocycles. The molecule has 1 aromatic carbocycles. The number of carbonyl (C=O) groups is 1. The van der Waals surface area contributed by atoms with Gasteiger partial charge in [-0.1, -0.05) is 17.5 Å². The summed E-state index contributed by atoms with van der Waals surface area (Å²) in [6.07, 6.45) is 3.11. The lowest BCUT2D eigenvalue weighted by Crippen LogP contribution is -1.99. The van der Waals surface area contributed by atoms with Crippen molar-refractivity contribution in [2.45, 2.75) is 20.8 Å². The molecule has 114 valence electrons. The molecule has 1 aliphatic rings. The Bertz CT molecular complexity index is 700. The number of rotatable bonds is 4.